The smallest absolute Gasteiger partial charge is 0.244 e. The number of nitrogens with zero attached hydrogens (tertiary/aromatic N) is 1. The Hall–Kier alpha value is -3.20. The lowest BCUT2D eigenvalue weighted by atomic mass is 9.84. The molecule has 4 rings (SSSR count). The van der Waals surface area contributed by atoms with Crippen molar-refractivity contribution in [1.82, 2.24) is 5.43 Å². The summed E-state index contributed by atoms with van der Waals surface area (Å²) in [5.74, 6) is -0.154. The number of amides is 1. The molecule has 3 aromatic carbocycles. The minimum absolute atomic E-state index is 0.0322. The Morgan fingerprint density at radius 2 is 1.54 bits per heavy atom. The van der Waals surface area contributed by atoms with Gasteiger partial charge in [0.05, 0.1) is 12.1 Å². The molecule has 1 N–H and O–H groups in total. The van der Waals surface area contributed by atoms with Crippen LogP contribution in [0, 0.1) is 19.8 Å². The van der Waals surface area contributed by atoms with Crippen LogP contribution in [0.15, 0.2) is 84.0 Å². The van der Waals surface area contributed by atoms with Gasteiger partial charge in [0.2, 0.25) is 5.91 Å². The van der Waals surface area contributed by atoms with E-state index in [0.29, 0.717) is 0 Å². The average Bonchev–Trinajstić information content (AvgIpc) is 3.46. The number of aryl methyl sites for hydroxylation is 2. The van der Waals surface area contributed by atoms with Crippen molar-refractivity contribution >= 4 is 12.1 Å². The van der Waals surface area contributed by atoms with E-state index in [0.717, 1.165) is 12.0 Å². The van der Waals surface area contributed by atoms with E-state index in [1.165, 1.54) is 22.3 Å². The highest BCUT2D eigenvalue weighted by Gasteiger charge is 2.60. The number of hydrazone groups is 1. The summed E-state index contributed by atoms with van der Waals surface area (Å²) in [6, 6.07) is 26.8. The molecule has 1 aliphatic carbocycles. The maximum atomic E-state index is 12.9. The highest BCUT2D eigenvalue weighted by molar-refractivity contribution is 5.87. The number of rotatable bonds is 5. The van der Waals surface area contributed by atoms with Crippen LogP contribution >= 0.6 is 0 Å². The molecule has 0 saturated heterocycles. The molecule has 3 aromatic rings. The first-order valence-corrected chi connectivity index (χ1v) is 9.62. The van der Waals surface area contributed by atoms with E-state index in [1.807, 2.05) is 30.3 Å². The quantitative estimate of drug-likeness (QED) is 0.512. The van der Waals surface area contributed by atoms with Crippen LogP contribution in [0.5, 0.6) is 0 Å². The third-order valence-electron chi connectivity index (χ3n) is 5.53. The molecule has 1 aliphatic rings. The Morgan fingerprint density at radius 3 is 2.11 bits per heavy atom. The van der Waals surface area contributed by atoms with Crippen molar-refractivity contribution in [1.29, 1.82) is 0 Å². The van der Waals surface area contributed by atoms with E-state index < -0.39 is 0 Å². The zero-order valence-electron chi connectivity index (χ0n) is 16.2. The molecule has 0 spiro atoms. The fourth-order valence-corrected chi connectivity index (χ4v) is 4.02. The Bertz CT molecular complexity index is 978. The number of hydrogen-bond donors (Lipinski definition) is 1. The zero-order valence-corrected chi connectivity index (χ0v) is 16.2. The molecule has 3 nitrogen and oxygen atoms in total. The highest BCUT2D eigenvalue weighted by Crippen LogP contribution is 2.59. The number of nitrogens with one attached hydrogen (secondary N) is 1. The molecule has 1 atom stereocenters. The van der Waals surface area contributed by atoms with Crippen LogP contribution in [0.1, 0.15) is 34.2 Å². The molecule has 0 aromatic heterocycles. The molecule has 140 valence electrons. The van der Waals surface area contributed by atoms with Crippen LogP contribution in [0.25, 0.3) is 0 Å². The maximum Gasteiger partial charge on any atom is 0.244 e. The normalized spacial score (nSPS) is 17.4. The second-order valence-corrected chi connectivity index (χ2v) is 7.61. The van der Waals surface area contributed by atoms with Gasteiger partial charge in [-0.15, -0.1) is 0 Å². The first-order valence-electron chi connectivity index (χ1n) is 9.62. The van der Waals surface area contributed by atoms with Crippen molar-refractivity contribution in [2.45, 2.75) is 25.7 Å². The van der Waals surface area contributed by atoms with Crippen LogP contribution in [-0.2, 0) is 10.2 Å². The van der Waals surface area contributed by atoms with Gasteiger partial charge in [-0.2, -0.15) is 5.10 Å². The van der Waals surface area contributed by atoms with Gasteiger partial charge in [0.1, 0.15) is 0 Å². The molecule has 1 fully saturated rings. The van der Waals surface area contributed by atoms with Gasteiger partial charge in [-0.25, -0.2) is 5.43 Å². The molecule has 1 amide bonds. The van der Waals surface area contributed by atoms with E-state index in [-0.39, 0.29) is 17.2 Å². The lowest BCUT2D eigenvalue weighted by molar-refractivity contribution is -0.122. The van der Waals surface area contributed by atoms with E-state index in [2.05, 4.69) is 72.9 Å². The lowest BCUT2D eigenvalue weighted by Crippen LogP contribution is -2.25. The van der Waals surface area contributed by atoms with Gasteiger partial charge in [-0.1, -0.05) is 90.0 Å². The Morgan fingerprint density at radius 1 is 0.929 bits per heavy atom. The molecule has 28 heavy (non-hydrogen) atoms. The van der Waals surface area contributed by atoms with Crippen LogP contribution in [0.2, 0.25) is 0 Å². The van der Waals surface area contributed by atoms with E-state index >= 15 is 0 Å². The third-order valence-corrected chi connectivity index (χ3v) is 5.53. The zero-order chi connectivity index (χ0) is 19.6. The molecule has 0 heterocycles. The number of benzene rings is 3. The average molecular weight is 368 g/mol. The summed E-state index contributed by atoms with van der Waals surface area (Å²) < 4.78 is 0. The predicted octanol–water partition coefficient (Wildman–Crippen LogP) is 4.76. The van der Waals surface area contributed by atoms with Gasteiger partial charge in [-0.05, 0) is 37.0 Å². The molecule has 0 unspecified atom stereocenters. The minimum Gasteiger partial charge on any atom is -0.273 e. The third kappa shape index (κ3) is 3.48. The lowest BCUT2D eigenvalue weighted by Gasteiger charge is -2.19. The summed E-state index contributed by atoms with van der Waals surface area (Å²) >= 11 is 0. The SMILES string of the molecule is Cc1cccc(C2(c3cccc(C)c3)C[C@@H]2C(=O)NN=Cc2ccccc2)c1. The summed E-state index contributed by atoms with van der Waals surface area (Å²) in [5, 5.41) is 4.17. The maximum absolute atomic E-state index is 12.9. The molecule has 3 heteroatoms. The second-order valence-electron chi connectivity index (χ2n) is 7.61. The highest BCUT2D eigenvalue weighted by atomic mass is 16.2. The van der Waals surface area contributed by atoms with Crippen LogP contribution < -0.4 is 5.43 Å². The van der Waals surface area contributed by atoms with E-state index in [4.69, 9.17) is 0 Å². The van der Waals surface area contributed by atoms with Crippen molar-refractivity contribution in [3.8, 4) is 0 Å². The number of carbonyl (C=O) groups is 1. The molecule has 0 aliphatic heterocycles. The van der Waals surface area contributed by atoms with Crippen molar-refractivity contribution in [3.05, 3.63) is 107 Å². The fraction of sp³-hybridized carbons (Fsp3) is 0.200. The molecular weight excluding hydrogens is 344 g/mol. The summed E-state index contributed by atoms with van der Waals surface area (Å²) in [5.41, 5.74) is 8.25. The van der Waals surface area contributed by atoms with Gasteiger partial charge in [0.25, 0.3) is 0 Å². The van der Waals surface area contributed by atoms with Crippen molar-refractivity contribution in [2.24, 2.45) is 11.0 Å². The monoisotopic (exact) mass is 368 g/mol. The van der Waals surface area contributed by atoms with Gasteiger partial charge in [-0.3, -0.25) is 4.79 Å². The van der Waals surface area contributed by atoms with Gasteiger partial charge < -0.3 is 0 Å². The predicted molar refractivity (Wildman–Crippen MR) is 113 cm³/mol. The number of hydrogen-bond acceptors (Lipinski definition) is 2. The van der Waals surface area contributed by atoms with Crippen molar-refractivity contribution in [2.75, 3.05) is 0 Å². The van der Waals surface area contributed by atoms with Gasteiger partial charge in [0, 0.05) is 5.41 Å². The van der Waals surface area contributed by atoms with Crippen molar-refractivity contribution < 1.29 is 4.79 Å². The summed E-state index contributed by atoms with van der Waals surface area (Å²) in [7, 11) is 0. The number of carbonyl (C=O) groups excluding carboxylic acids is 1. The van der Waals surface area contributed by atoms with Crippen LogP contribution in [-0.4, -0.2) is 12.1 Å². The first kappa shape index (κ1) is 18.2. The topological polar surface area (TPSA) is 41.5 Å². The minimum atomic E-state index is -0.273. The van der Waals surface area contributed by atoms with Crippen LogP contribution in [0.3, 0.4) is 0 Å². The molecule has 0 radical (unpaired) electrons. The summed E-state index contributed by atoms with van der Waals surface area (Å²) in [6.07, 6.45) is 2.48. The van der Waals surface area contributed by atoms with E-state index in [9.17, 15) is 4.79 Å². The standard InChI is InChI=1S/C25H24N2O/c1-18-8-6-12-21(14-18)25(22-13-7-9-19(2)15-22)16-23(25)24(28)27-26-17-20-10-4-3-5-11-20/h3-15,17,23H,16H2,1-2H3,(H,27,28)/t23-/m1/s1. The largest absolute Gasteiger partial charge is 0.273 e. The summed E-state index contributed by atoms with van der Waals surface area (Å²) in [6.45, 7) is 4.18. The Labute approximate surface area is 166 Å². The van der Waals surface area contributed by atoms with Gasteiger partial charge in [0.15, 0.2) is 0 Å². The Kier molecular flexibility index (Phi) is 4.82. The Balaban J connectivity index is 1.60. The van der Waals surface area contributed by atoms with Crippen LogP contribution in [0.4, 0.5) is 0 Å². The molecule has 1 saturated carbocycles. The molecule has 0 bridgehead atoms. The summed E-state index contributed by atoms with van der Waals surface area (Å²) in [4.78, 5) is 12.9. The molecular formula is C25H24N2O. The fourth-order valence-electron chi connectivity index (χ4n) is 4.02. The van der Waals surface area contributed by atoms with Crippen molar-refractivity contribution in [3.63, 3.8) is 0 Å². The first-order chi connectivity index (χ1) is 13.6. The van der Waals surface area contributed by atoms with E-state index in [1.54, 1.807) is 6.21 Å². The van der Waals surface area contributed by atoms with Gasteiger partial charge >= 0.3 is 0 Å². The second kappa shape index (κ2) is 7.43.